The first-order valence-corrected chi connectivity index (χ1v) is 13.2. The molecule has 3 aromatic rings. The van der Waals surface area contributed by atoms with Crippen LogP contribution >= 0.6 is 11.6 Å². The normalized spacial score (nSPS) is 20.0. The molecule has 0 aliphatic carbocycles. The number of benzene rings is 1. The first-order chi connectivity index (χ1) is 18.5. The predicted octanol–water partition coefficient (Wildman–Crippen LogP) is 2.96. The number of aromatic nitrogens is 4. The molecule has 10 nitrogen and oxygen atoms in total. The molecule has 0 spiro atoms. The number of halogens is 1. The van der Waals surface area contributed by atoms with Gasteiger partial charge in [-0.25, -0.2) is 9.50 Å². The molecule has 5 rings (SSSR count). The molecule has 0 saturated carbocycles. The Balaban J connectivity index is 1.50. The molecule has 2 aliphatic heterocycles. The number of hydrogen-bond acceptors (Lipinski definition) is 8. The Morgan fingerprint density at radius 3 is 2.87 bits per heavy atom. The van der Waals surface area contributed by atoms with E-state index in [0.717, 1.165) is 30.6 Å². The third-order valence-electron chi connectivity index (χ3n) is 7.37. The lowest BCUT2D eigenvalue weighted by atomic mass is 10.1. The Kier molecular flexibility index (Phi) is 7.77. The van der Waals surface area contributed by atoms with Crippen LogP contribution < -0.4 is 9.64 Å². The summed E-state index contributed by atoms with van der Waals surface area (Å²) in [5.41, 5.74) is 2.42. The molecule has 38 heavy (non-hydrogen) atoms. The SMILES string of the molecule is C=CC(=O)N1CCN(c2nc(OCC3CCCN3C)nn3c(Cc4ccccc4Cl)cnc23)CC1CC#N. The van der Waals surface area contributed by atoms with E-state index in [1.54, 1.807) is 15.6 Å². The van der Waals surface area contributed by atoms with Gasteiger partial charge in [-0.05, 0) is 44.1 Å². The van der Waals surface area contributed by atoms with Gasteiger partial charge in [0.2, 0.25) is 5.91 Å². The maximum Gasteiger partial charge on any atom is 0.336 e. The number of fused-ring (bicyclic) bond motifs is 1. The zero-order valence-corrected chi connectivity index (χ0v) is 22.2. The monoisotopic (exact) mass is 534 g/mol. The summed E-state index contributed by atoms with van der Waals surface area (Å²) in [5, 5.41) is 14.8. The van der Waals surface area contributed by atoms with Gasteiger partial charge in [-0.2, -0.15) is 10.2 Å². The Labute approximate surface area is 227 Å². The average Bonchev–Trinajstić information content (AvgIpc) is 3.53. The number of imidazole rings is 1. The lowest BCUT2D eigenvalue weighted by Gasteiger charge is -2.40. The minimum atomic E-state index is -0.289. The molecule has 0 N–H and O–H groups in total. The van der Waals surface area contributed by atoms with Gasteiger partial charge in [-0.1, -0.05) is 36.4 Å². The lowest BCUT2D eigenvalue weighted by molar-refractivity contribution is -0.128. The molecule has 2 fully saturated rings. The second kappa shape index (κ2) is 11.4. The third-order valence-corrected chi connectivity index (χ3v) is 7.74. The standard InChI is InChI=1S/C27H31ClN8O2/c1-3-24(37)35-14-13-34(17-20(35)10-11-29)26-25-30-16-22(15-19-7-4-5-9-23(19)28)36(25)32-27(31-26)38-18-21-8-6-12-33(21)2/h3-5,7,9,16,20-21H,1,6,8,10,12-15,17-18H2,2H3. The molecule has 1 amide bonds. The third kappa shape index (κ3) is 5.30. The van der Waals surface area contributed by atoms with Crippen molar-refractivity contribution in [2.24, 2.45) is 0 Å². The molecule has 11 heteroatoms. The highest BCUT2D eigenvalue weighted by Gasteiger charge is 2.32. The molecule has 4 heterocycles. The highest BCUT2D eigenvalue weighted by Crippen LogP contribution is 2.27. The van der Waals surface area contributed by atoms with E-state index < -0.39 is 0 Å². The van der Waals surface area contributed by atoms with Crippen molar-refractivity contribution in [2.45, 2.75) is 37.8 Å². The molecular weight excluding hydrogens is 504 g/mol. The number of likely N-dealkylation sites (tertiary alicyclic amines) is 1. The summed E-state index contributed by atoms with van der Waals surface area (Å²) in [5.74, 6) is 0.444. The van der Waals surface area contributed by atoms with Crippen LogP contribution in [0.3, 0.4) is 0 Å². The Bertz CT molecular complexity index is 1370. The second-order valence-corrected chi connectivity index (χ2v) is 10.2. The zero-order chi connectivity index (χ0) is 26.6. The quantitative estimate of drug-likeness (QED) is 0.406. The topological polar surface area (TPSA) is 103 Å². The summed E-state index contributed by atoms with van der Waals surface area (Å²) in [4.78, 5) is 27.9. The predicted molar refractivity (Wildman–Crippen MR) is 144 cm³/mol. The second-order valence-electron chi connectivity index (χ2n) is 9.76. The fourth-order valence-electron chi connectivity index (χ4n) is 5.22. The summed E-state index contributed by atoms with van der Waals surface area (Å²) >= 11 is 6.44. The number of hydrogen-bond donors (Lipinski definition) is 0. The number of amides is 1. The first-order valence-electron chi connectivity index (χ1n) is 12.8. The van der Waals surface area contributed by atoms with Crippen LogP contribution in [-0.4, -0.2) is 87.2 Å². The van der Waals surface area contributed by atoms with E-state index >= 15 is 0 Å². The van der Waals surface area contributed by atoms with Gasteiger partial charge in [0.25, 0.3) is 0 Å². The molecule has 2 aliphatic rings. The van der Waals surface area contributed by atoms with E-state index in [-0.39, 0.29) is 24.4 Å². The summed E-state index contributed by atoms with van der Waals surface area (Å²) in [6.45, 7) is 6.58. The number of carbonyl (C=O) groups excluding carboxylic acids is 1. The van der Waals surface area contributed by atoms with E-state index in [4.69, 9.17) is 26.4 Å². The van der Waals surface area contributed by atoms with Crippen molar-refractivity contribution in [3.63, 3.8) is 0 Å². The number of rotatable bonds is 8. The van der Waals surface area contributed by atoms with Crippen molar-refractivity contribution in [2.75, 3.05) is 44.7 Å². The molecule has 2 atom stereocenters. The zero-order valence-electron chi connectivity index (χ0n) is 21.5. The molecule has 2 unspecified atom stereocenters. The maximum absolute atomic E-state index is 12.4. The molecule has 0 radical (unpaired) electrons. The number of nitrogens with zero attached hydrogens (tertiary/aromatic N) is 8. The highest BCUT2D eigenvalue weighted by atomic mass is 35.5. The van der Waals surface area contributed by atoms with E-state index in [2.05, 4.69) is 34.5 Å². The number of carbonyl (C=O) groups is 1. The molecule has 2 saturated heterocycles. The number of piperazine rings is 1. The van der Waals surface area contributed by atoms with Crippen LogP contribution in [0.1, 0.15) is 30.5 Å². The summed E-state index contributed by atoms with van der Waals surface area (Å²) < 4.78 is 7.93. The fourth-order valence-corrected chi connectivity index (χ4v) is 5.42. The van der Waals surface area contributed by atoms with Crippen LogP contribution in [0.2, 0.25) is 5.02 Å². The van der Waals surface area contributed by atoms with Gasteiger partial charge >= 0.3 is 6.01 Å². The Morgan fingerprint density at radius 1 is 1.29 bits per heavy atom. The highest BCUT2D eigenvalue weighted by molar-refractivity contribution is 6.31. The van der Waals surface area contributed by atoms with Crippen molar-refractivity contribution >= 4 is 29.0 Å². The van der Waals surface area contributed by atoms with Gasteiger partial charge < -0.3 is 19.4 Å². The van der Waals surface area contributed by atoms with Gasteiger partial charge in [0.1, 0.15) is 6.61 Å². The Morgan fingerprint density at radius 2 is 2.13 bits per heavy atom. The summed E-state index contributed by atoms with van der Waals surface area (Å²) in [6.07, 6.45) is 6.05. The average molecular weight is 535 g/mol. The number of likely N-dealkylation sites (N-methyl/N-ethyl adjacent to an activating group) is 1. The van der Waals surface area contributed by atoms with Crippen LogP contribution in [0.4, 0.5) is 5.82 Å². The number of ether oxygens (including phenoxy) is 1. The van der Waals surface area contributed by atoms with Gasteiger partial charge in [0.05, 0.1) is 30.4 Å². The van der Waals surface area contributed by atoms with Crippen molar-refractivity contribution in [1.29, 1.82) is 5.26 Å². The number of anilines is 1. The molecular formula is C27H31ClN8O2. The van der Waals surface area contributed by atoms with E-state index in [1.165, 1.54) is 6.08 Å². The fraction of sp³-hybridized carbons (Fsp3) is 0.444. The minimum absolute atomic E-state index is 0.176. The first kappa shape index (κ1) is 25.9. The van der Waals surface area contributed by atoms with E-state index in [9.17, 15) is 10.1 Å². The van der Waals surface area contributed by atoms with Crippen LogP contribution in [0.5, 0.6) is 6.01 Å². The van der Waals surface area contributed by atoms with Crippen molar-refractivity contribution in [1.82, 2.24) is 29.4 Å². The van der Waals surface area contributed by atoms with E-state index in [1.807, 2.05) is 24.3 Å². The summed E-state index contributed by atoms with van der Waals surface area (Å²) in [6, 6.07) is 10.2. The minimum Gasteiger partial charge on any atom is -0.461 e. The van der Waals surface area contributed by atoms with E-state index in [0.29, 0.717) is 55.2 Å². The molecule has 2 aromatic heterocycles. The molecule has 0 bridgehead atoms. The Hall–Kier alpha value is -3.68. The smallest absolute Gasteiger partial charge is 0.336 e. The maximum atomic E-state index is 12.4. The van der Waals surface area contributed by atoms with Crippen molar-refractivity contribution in [3.05, 3.63) is 59.4 Å². The van der Waals surface area contributed by atoms with Gasteiger partial charge in [-0.15, -0.1) is 5.10 Å². The van der Waals surface area contributed by atoms with Crippen molar-refractivity contribution in [3.8, 4) is 12.1 Å². The van der Waals surface area contributed by atoms with Crippen LogP contribution in [0, 0.1) is 11.3 Å². The summed E-state index contributed by atoms with van der Waals surface area (Å²) in [7, 11) is 2.10. The van der Waals surface area contributed by atoms with Crippen LogP contribution in [0.25, 0.3) is 5.65 Å². The lowest BCUT2D eigenvalue weighted by Crippen LogP contribution is -2.55. The molecule has 1 aromatic carbocycles. The van der Waals surface area contributed by atoms with Crippen LogP contribution in [-0.2, 0) is 11.2 Å². The van der Waals surface area contributed by atoms with Crippen molar-refractivity contribution < 1.29 is 9.53 Å². The number of nitriles is 1. The largest absolute Gasteiger partial charge is 0.461 e. The van der Waals surface area contributed by atoms with Gasteiger partial charge in [0.15, 0.2) is 11.5 Å². The van der Waals surface area contributed by atoms with Gasteiger partial charge in [0, 0.05) is 37.1 Å². The van der Waals surface area contributed by atoms with Crippen LogP contribution in [0.15, 0.2) is 43.1 Å². The molecule has 198 valence electrons. The van der Waals surface area contributed by atoms with Gasteiger partial charge in [-0.3, -0.25) is 4.79 Å².